The zero-order valence-corrected chi connectivity index (χ0v) is 15.6. The molecule has 2 atom stereocenters. The van der Waals surface area contributed by atoms with Crippen LogP contribution in [0.25, 0.3) is 0 Å². The van der Waals surface area contributed by atoms with E-state index in [0.717, 1.165) is 30.8 Å². The Labute approximate surface area is 150 Å². The van der Waals surface area contributed by atoms with Gasteiger partial charge in [0.15, 0.2) is 0 Å². The van der Waals surface area contributed by atoms with Crippen LogP contribution >= 0.6 is 0 Å². The van der Waals surface area contributed by atoms with Gasteiger partial charge in [-0.2, -0.15) is 0 Å². The molecule has 1 aliphatic rings. The summed E-state index contributed by atoms with van der Waals surface area (Å²) in [5.74, 6) is 0.562. The molecule has 1 N–H and O–H groups in total. The maximum atomic E-state index is 12.5. The Morgan fingerprint density at radius 2 is 2.04 bits per heavy atom. The standard InChI is InChI=1S/C19H29N3O3/c1-14(15-6-8-17(25-4)9-7-15)20-19(24)16-12-18(23)22(13-16)11-5-10-21(2)3/h6-9,14,16H,5,10-13H2,1-4H3,(H,20,24). The van der Waals surface area contributed by atoms with Crippen molar-refractivity contribution in [3.63, 3.8) is 0 Å². The molecule has 0 spiro atoms. The molecule has 1 aliphatic heterocycles. The molecule has 2 rings (SSSR count). The summed E-state index contributed by atoms with van der Waals surface area (Å²) < 4.78 is 5.15. The van der Waals surface area contributed by atoms with Crippen molar-refractivity contribution in [3.8, 4) is 5.75 Å². The van der Waals surface area contributed by atoms with Gasteiger partial charge in [0, 0.05) is 19.5 Å². The zero-order valence-electron chi connectivity index (χ0n) is 15.6. The Bertz CT molecular complexity index is 586. The lowest BCUT2D eigenvalue weighted by atomic mass is 10.0. The maximum Gasteiger partial charge on any atom is 0.225 e. The summed E-state index contributed by atoms with van der Waals surface area (Å²) in [5.41, 5.74) is 1.02. The second-order valence-corrected chi connectivity index (χ2v) is 6.90. The van der Waals surface area contributed by atoms with Gasteiger partial charge in [0.05, 0.1) is 19.1 Å². The molecule has 6 heteroatoms. The van der Waals surface area contributed by atoms with E-state index in [4.69, 9.17) is 4.74 Å². The summed E-state index contributed by atoms with van der Waals surface area (Å²) in [6.45, 7) is 4.13. The minimum Gasteiger partial charge on any atom is -0.497 e. The molecule has 0 radical (unpaired) electrons. The van der Waals surface area contributed by atoms with Crippen LogP contribution in [-0.4, -0.2) is 62.5 Å². The van der Waals surface area contributed by atoms with Crippen molar-refractivity contribution in [3.05, 3.63) is 29.8 Å². The van der Waals surface area contributed by atoms with Crippen molar-refractivity contribution < 1.29 is 14.3 Å². The van der Waals surface area contributed by atoms with Crippen LogP contribution in [0, 0.1) is 5.92 Å². The van der Waals surface area contributed by atoms with Gasteiger partial charge in [0.25, 0.3) is 0 Å². The Balaban J connectivity index is 1.84. The fourth-order valence-corrected chi connectivity index (χ4v) is 3.05. The third-order valence-electron chi connectivity index (χ3n) is 4.59. The number of rotatable bonds is 8. The number of nitrogens with zero attached hydrogens (tertiary/aromatic N) is 2. The SMILES string of the molecule is COc1ccc(C(C)NC(=O)C2CC(=O)N(CCCN(C)C)C2)cc1. The molecule has 1 aromatic carbocycles. The van der Waals surface area contributed by atoms with E-state index in [0.29, 0.717) is 13.0 Å². The van der Waals surface area contributed by atoms with Crippen LogP contribution in [-0.2, 0) is 9.59 Å². The van der Waals surface area contributed by atoms with Crippen molar-refractivity contribution >= 4 is 11.8 Å². The predicted octanol–water partition coefficient (Wildman–Crippen LogP) is 1.67. The molecule has 1 fully saturated rings. The first-order valence-electron chi connectivity index (χ1n) is 8.77. The van der Waals surface area contributed by atoms with E-state index in [1.165, 1.54) is 0 Å². The first-order chi connectivity index (χ1) is 11.9. The average Bonchev–Trinajstić information content (AvgIpc) is 2.95. The van der Waals surface area contributed by atoms with Crippen molar-refractivity contribution in [2.75, 3.05) is 40.8 Å². The van der Waals surface area contributed by atoms with Gasteiger partial charge in [-0.1, -0.05) is 12.1 Å². The summed E-state index contributed by atoms with van der Waals surface area (Å²) in [6.07, 6.45) is 1.23. The van der Waals surface area contributed by atoms with E-state index >= 15 is 0 Å². The smallest absolute Gasteiger partial charge is 0.225 e. The maximum absolute atomic E-state index is 12.5. The minimum absolute atomic E-state index is 0.0493. The summed E-state index contributed by atoms with van der Waals surface area (Å²) in [7, 11) is 5.66. The van der Waals surface area contributed by atoms with Crippen molar-refractivity contribution in [1.82, 2.24) is 15.1 Å². The van der Waals surface area contributed by atoms with Crippen LogP contribution in [0.2, 0.25) is 0 Å². The number of carbonyl (C=O) groups is 2. The first kappa shape index (κ1) is 19.2. The Morgan fingerprint density at radius 1 is 1.36 bits per heavy atom. The zero-order chi connectivity index (χ0) is 18.4. The van der Waals surface area contributed by atoms with Crippen LogP contribution in [0.15, 0.2) is 24.3 Å². The van der Waals surface area contributed by atoms with Gasteiger partial charge in [0.2, 0.25) is 11.8 Å². The summed E-state index contributed by atoms with van der Waals surface area (Å²) in [4.78, 5) is 28.5. The third kappa shape index (κ3) is 5.46. The number of carbonyl (C=O) groups excluding carboxylic acids is 2. The van der Waals surface area contributed by atoms with Crippen molar-refractivity contribution in [2.24, 2.45) is 5.92 Å². The van der Waals surface area contributed by atoms with E-state index < -0.39 is 0 Å². The van der Waals surface area contributed by atoms with Gasteiger partial charge in [-0.25, -0.2) is 0 Å². The highest BCUT2D eigenvalue weighted by Gasteiger charge is 2.34. The number of ether oxygens (including phenoxy) is 1. The molecule has 25 heavy (non-hydrogen) atoms. The number of amides is 2. The number of nitrogens with one attached hydrogen (secondary N) is 1. The Kier molecular flexibility index (Phi) is 6.82. The summed E-state index contributed by atoms with van der Waals surface area (Å²) in [6, 6.07) is 7.54. The average molecular weight is 347 g/mol. The van der Waals surface area contributed by atoms with E-state index in [1.807, 2.05) is 50.2 Å². The van der Waals surface area contributed by atoms with Gasteiger partial charge in [-0.3, -0.25) is 9.59 Å². The molecule has 0 saturated carbocycles. The lowest BCUT2D eigenvalue weighted by molar-refractivity contribution is -0.129. The molecule has 0 aromatic heterocycles. The van der Waals surface area contributed by atoms with E-state index in [-0.39, 0.29) is 23.8 Å². The quantitative estimate of drug-likeness (QED) is 0.777. The second-order valence-electron chi connectivity index (χ2n) is 6.90. The highest BCUT2D eigenvalue weighted by molar-refractivity contribution is 5.89. The number of methoxy groups -OCH3 is 1. The molecule has 0 aliphatic carbocycles. The van der Waals surface area contributed by atoms with Gasteiger partial charge >= 0.3 is 0 Å². The Hall–Kier alpha value is -2.08. The topological polar surface area (TPSA) is 61.9 Å². The largest absolute Gasteiger partial charge is 0.497 e. The van der Waals surface area contributed by atoms with Crippen LogP contribution in [0.3, 0.4) is 0 Å². The van der Waals surface area contributed by atoms with E-state index in [2.05, 4.69) is 10.2 Å². The normalized spacial score (nSPS) is 18.5. The van der Waals surface area contributed by atoms with E-state index in [1.54, 1.807) is 7.11 Å². The molecule has 1 heterocycles. The van der Waals surface area contributed by atoms with Crippen LogP contribution in [0.5, 0.6) is 5.75 Å². The van der Waals surface area contributed by atoms with Gasteiger partial charge < -0.3 is 19.9 Å². The number of benzene rings is 1. The fraction of sp³-hybridized carbons (Fsp3) is 0.579. The van der Waals surface area contributed by atoms with Gasteiger partial charge in [-0.05, 0) is 51.7 Å². The number of hydrogen-bond acceptors (Lipinski definition) is 4. The molecule has 2 unspecified atom stereocenters. The minimum atomic E-state index is -0.257. The second kappa shape index (κ2) is 8.85. The molecule has 138 valence electrons. The van der Waals surface area contributed by atoms with Crippen LogP contribution < -0.4 is 10.1 Å². The molecular weight excluding hydrogens is 318 g/mol. The number of hydrogen-bond donors (Lipinski definition) is 1. The molecule has 1 saturated heterocycles. The molecular formula is C19H29N3O3. The van der Waals surface area contributed by atoms with Gasteiger partial charge in [-0.15, -0.1) is 0 Å². The van der Waals surface area contributed by atoms with Crippen LogP contribution in [0.1, 0.15) is 31.4 Å². The van der Waals surface area contributed by atoms with Crippen LogP contribution in [0.4, 0.5) is 0 Å². The summed E-state index contributed by atoms with van der Waals surface area (Å²) in [5, 5.41) is 3.02. The van der Waals surface area contributed by atoms with E-state index in [9.17, 15) is 9.59 Å². The number of likely N-dealkylation sites (tertiary alicyclic amines) is 1. The molecule has 1 aromatic rings. The lowest BCUT2D eigenvalue weighted by Gasteiger charge is -2.19. The fourth-order valence-electron chi connectivity index (χ4n) is 3.05. The molecule has 2 amide bonds. The molecule has 0 bridgehead atoms. The third-order valence-corrected chi connectivity index (χ3v) is 4.59. The monoisotopic (exact) mass is 347 g/mol. The first-order valence-corrected chi connectivity index (χ1v) is 8.77. The summed E-state index contributed by atoms with van der Waals surface area (Å²) >= 11 is 0. The highest BCUT2D eigenvalue weighted by atomic mass is 16.5. The lowest BCUT2D eigenvalue weighted by Crippen LogP contribution is -2.35. The molecule has 6 nitrogen and oxygen atoms in total. The highest BCUT2D eigenvalue weighted by Crippen LogP contribution is 2.21. The van der Waals surface area contributed by atoms with Crippen molar-refractivity contribution in [1.29, 1.82) is 0 Å². The predicted molar refractivity (Wildman–Crippen MR) is 97.4 cm³/mol. The Morgan fingerprint density at radius 3 is 2.64 bits per heavy atom. The van der Waals surface area contributed by atoms with Crippen molar-refractivity contribution in [2.45, 2.75) is 25.8 Å². The van der Waals surface area contributed by atoms with Gasteiger partial charge in [0.1, 0.15) is 5.75 Å².